The number of methoxy groups -OCH3 is 1. The van der Waals surface area contributed by atoms with Gasteiger partial charge in [0.2, 0.25) is 0 Å². The van der Waals surface area contributed by atoms with Gasteiger partial charge >= 0.3 is 0 Å². The van der Waals surface area contributed by atoms with Crippen molar-refractivity contribution in [3.8, 4) is 0 Å². The van der Waals surface area contributed by atoms with E-state index in [9.17, 15) is 0 Å². The molecule has 1 heterocycles. The van der Waals surface area contributed by atoms with Crippen molar-refractivity contribution in [3.05, 3.63) is 11.8 Å². The first-order chi connectivity index (χ1) is 7.88. The first-order valence-corrected chi connectivity index (χ1v) is 6.43. The molecule has 0 radical (unpaired) electrons. The summed E-state index contributed by atoms with van der Waals surface area (Å²) in [4.78, 5) is 0. The Hall–Kier alpha value is -0.540. The summed E-state index contributed by atoms with van der Waals surface area (Å²) in [5, 5.41) is 3.55. The molecule has 0 aromatic rings. The Kier molecular flexibility index (Phi) is 7.26. The minimum absolute atomic E-state index is 0.385. The van der Waals surface area contributed by atoms with Crippen molar-refractivity contribution >= 4 is 0 Å². The molecule has 1 N–H and O–H groups in total. The van der Waals surface area contributed by atoms with Crippen LogP contribution in [0.25, 0.3) is 0 Å². The zero-order valence-electron chi connectivity index (χ0n) is 10.6. The highest BCUT2D eigenvalue weighted by Crippen LogP contribution is 2.17. The van der Waals surface area contributed by atoms with E-state index < -0.39 is 0 Å². The summed E-state index contributed by atoms with van der Waals surface area (Å²) in [5.74, 6) is 1.15. The van der Waals surface area contributed by atoms with Gasteiger partial charge in [0.25, 0.3) is 0 Å². The van der Waals surface area contributed by atoms with Crippen LogP contribution in [0.2, 0.25) is 0 Å². The van der Waals surface area contributed by atoms with Gasteiger partial charge in [-0.15, -0.1) is 0 Å². The molecule has 94 valence electrons. The lowest BCUT2D eigenvalue weighted by atomic mass is 10.1. The minimum atomic E-state index is 0.385. The van der Waals surface area contributed by atoms with Crippen molar-refractivity contribution in [1.29, 1.82) is 0 Å². The second kappa shape index (κ2) is 8.59. The maximum Gasteiger partial charge on any atom is 0.109 e. The van der Waals surface area contributed by atoms with Crippen molar-refractivity contribution in [2.45, 2.75) is 45.1 Å². The smallest absolute Gasteiger partial charge is 0.109 e. The van der Waals surface area contributed by atoms with Crippen LogP contribution < -0.4 is 5.32 Å². The number of hydrogen-bond donors (Lipinski definition) is 1. The lowest BCUT2D eigenvalue weighted by molar-refractivity contribution is 0.154. The third kappa shape index (κ3) is 4.99. The quantitative estimate of drug-likeness (QED) is 0.646. The summed E-state index contributed by atoms with van der Waals surface area (Å²) < 4.78 is 10.8. The van der Waals surface area contributed by atoms with E-state index in [0.29, 0.717) is 6.04 Å². The van der Waals surface area contributed by atoms with Crippen molar-refractivity contribution in [3.63, 3.8) is 0 Å². The van der Waals surface area contributed by atoms with Crippen LogP contribution >= 0.6 is 0 Å². The van der Waals surface area contributed by atoms with Crippen LogP contribution in [-0.2, 0) is 9.47 Å². The van der Waals surface area contributed by atoms with Gasteiger partial charge in [-0.1, -0.05) is 6.92 Å². The molecule has 1 atom stereocenters. The van der Waals surface area contributed by atoms with Crippen LogP contribution in [0.1, 0.15) is 39.0 Å². The van der Waals surface area contributed by atoms with E-state index in [1.54, 1.807) is 7.11 Å². The Labute approximate surface area is 99.2 Å². The molecule has 0 fully saturated rings. The summed E-state index contributed by atoms with van der Waals surface area (Å²) in [6.45, 7) is 4.95. The Morgan fingerprint density at radius 1 is 1.56 bits per heavy atom. The zero-order valence-corrected chi connectivity index (χ0v) is 10.6. The van der Waals surface area contributed by atoms with Gasteiger partial charge in [0.15, 0.2) is 0 Å². The number of ether oxygens (including phenoxy) is 2. The van der Waals surface area contributed by atoms with Crippen LogP contribution in [0.5, 0.6) is 0 Å². The molecule has 0 aliphatic carbocycles. The van der Waals surface area contributed by atoms with E-state index in [-0.39, 0.29) is 0 Å². The Morgan fingerprint density at radius 3 is 3.06 bits per heavy atom. The van der Waals surface area contributed by atoms with E-state index in [2.05, 4.69) is 18.3 Å². The first kappa shape index (κ1) is 13.5. The van der Waals surface area contributed by atoms with E-state index >= 15 is 0 Å². The van der Waals surface area contributed by atoms with Gasteiger partial charge in [-0.2, -0.15) is 0 Å². The molecule has 3 heteroatoms. The molecule has 0 aromatic heterocycles. The molecular weight excluding hydrogens is 202 g/mol. The SMILES string of the molecule is CCCNC(CCCOC)C1=CCCCO1. The van der Waals surface area contributed by atoms with E-state index in [1.807, 2.05) is 0 Å². The summed E-state index contributed by atoms with van der Waals surface area (Å²) in [7, 11) is 1.75. The number of nitrogens with one attached hydrogen (secondary N) is 1. The molecule has 0 saturated heterocycles. The fourth-order valence-electron chi connectivity index (χ4n) is 1.91. The Bertz CT molecular complexity index is 204. The lowest BCUT2D eigenvalue weighted by Gasteiger charge is -2.24. The monoisotopic (exact) mass is 227 g/mol. The third-order valence-corrected chi connectivity index (χ3v) is 2.79. The van der Waals surface area contributed by atoms with Crippen LogP contribution in [0.15, 0.2) is 11.8 Å². The fourth-order valence-corrected chi connectivity index (χ4v) is 1.91. The zero-order chi connectivity index (χ0) is 11.6. The van der Waals surface area contributed by atoms with Gasteiger partial charge in [0.1, 0.15) is 5.76 Å². The van der Waals surface area contributed by atoms with E-state index in [4.69, 9.17) is 9.47 Å². The summed E-state index contributed by atoms with van der Waals surface area (Å²) in [6, 6.07) is 0.385. The largest absolute Gasteiger partial charge is 0.497 e. The number of rotatable bonds is 8. The van der Waals surface area contributed by atoms with Gasteiger partial charge in [0, 0.05) is 13.7 Å². The van der Waals surface area contributed by atoms with Gasteiger partial charge in [-0.25, -0.2) is 0 Å². The summed E-state index contributed by atoms with van der Waals surface area (Å²) in [5.41, 5.74) is 0. The third-order valence-electron chi connectivity index (χ3n) is 2.79. The van der Waals surface area contributed by atoms with Crippen molar-refractivity contribution in [2.24, 2.45) is 0 Å². The molecule has 16 heavy (non-hydrogen) atoms. The molecule has 1 rings (SSSR count). The molecule has 1 aliphatic heterocycles. The summed E-state index contributed by atoms with van der Waals surface area (Å²) >= 11 is 0. The maximum atomic E-state index is 5.73. The van der Waals surface area contributed by atoms with Crippen LogP contribution in [0, 0.1) is 0 Å². The number of allylic oxidation sites excluding steroid dienone is 1. The molecule has 0 spiro atoms. The molecule has 0 amide bonds. The van der Waals surface area contributed by atoms with Crippen LogP contribution in [0.3, 0.4) is 0 Å². The van der Waals surface area contributed by atoms with Crippen molar-refractivity contribution in [2.75, 3.05) is 26.9 Å². The molecule has 1 aliphatic rings. The van der Waals surface area contributed by atoms with Gasteiger partial charge in [-0.3, -0.25) is 0 Å². The predicted molar refractivity (Wildman–Crippen MR) is 66.5 cm³/mol. The second-order valence-electron chi connectivity index (χ2n) is 4.24. The van der Waals surface area contributed by atoms with E-state index in [1.165, 1.54) is 0 Å². The standard InChI is InChI=1S/C13H25NO2/c1-3-9-14-12(7-6-10-15-2)13-8-4-5-11-16-13/h8,12,14H,3-7,9-11H2,1-2H3. The Balaban J connectivity index is 2.38. The second-order valence-corrected chi connectivity index (χ2v) is 4.24. The van der Waals surface area contributed by atoms with Crippen LogP contribution in [0.4, 0.5) is 0 Å². The van der Waals surface area contributed by atoms with Gasteiger partial charge in [-0.05, 0) is 44.7 Å². The minimum Gasteiger partial charge on any atom is -0.497 e. The van der Waals surface area contributed by atoms with Crippen molar-refractivity contribution in [1.82, 2.24) is 5.32 Å². The molecule has 0 bridgehead atoms. The highest BCUT2D eigenvalue weighted by atomic mass is 16.5. The normalized spacial score (nSPS) is 17.8. The van der Waals surface area contributed by atoms with Crippen LogP contribution in [-0.4, -0.2) is 32.9 Å². The van der Waals surface area contributed by atoms with Gasteiger partial charge < -0.3 is 14.8 Å². The average Bonchev–Trinajstić information content (AvgIpc) is 2.35. The van der Waals surface area contributed by atoms with Crippen molar-refractivity contribution < 1.29 is 9.47 Å². The molecular formula is C13H25NO2. The van der Waals surface area contributed by atoms with Gasteiger partial charge in [0.05, 0.1) is 12.6 Å². The fraction of sp³-hybridized carbons (Fsp3) is 0.846. The maximum absolute atomic E-state index is 5.73. The molecule has 1 unspecified atom stereocenters. The lowest BCUT2D eigenvalue weighted by Crippen LogP contribution is -2.33. The van der Waals surface area contributed by atoms with E-state index in [0.717, 1.165) is 57.6 Å². The highest BCUT2D eigenvalue weighted by Gasteiger charge is 2.16. The first-order valence-electron chi connectivity index (χ1n) is 6.43. The molecule has 3 nitrogen and oxygen atoms in total. The Morgan fingerprint density at radius 2 is 2.44 bits per heavy atom. The topological polar surface area (TPSA) is 30.5 Å². The summed E-state index contributed by atoms with van der Waals surface area (Å²) in [6.07, 6.45) is 7.89. The highest BCUT2D eigenvalue weighted by molar-refractivity contribution is 5.05. The molecule has 0 saturated carbocycles. The number of hydrogen-bond acceptors (Lipinski definition) is 3. The molecule has 0 aromatic carbocycles. The average molecular weight is 227 g/mol. The predicted octanol–water partition coefficient (Wildman–Crippen LogP) is 2.48.